The number of alkyl halides is 3. The number of rotatable bonds is 5. The third kappa shape index (κ3) is 4.61. The van der Waals surface area contributed by atoms with E-state index in [1.165, 1.54) is 24.3 Å². The van der Waals surface area contributed by atoms with Crippen LogP contribution >= 0.6 is 0 Å². The van der Waals surface area contributed by atoms with E-state index >= 15 is 0 Å². The summed E-state index contributed by atoms with van der Waals surface area (Å²) >= 11 is 0. The zero-order chi connectivity index (χ0) is 23.7. The van der Waals surface area contributed by atoms with Gasteiger partial charge in [0.05, 0.1) is 17.6 Å². The van der Waals surface area contributed by atoms with Crippen molar-refractivity contribution in [2.45, 2.75) is 50.4 Å². The molecule has 0 bridgehead atoms. The summed E-state index contributed by atoms with van der Waals surface area (Å²) in [7, 11) is 0. The molecule has 1 aromatic heterocycles. The average molecular weight is 472 g/mol. The fourth-order valence-corrected chi connectivity index (χ4v) is 5.01. The van der Waals surface area contributed by atoms with Crippen LogP contribution in [0.1, 0.15) is 66.7 Å². The third-order valence-corrected chi connectivity index (χ3v) is 6.81. The molecule has 0 radical (unpaired) electrons. The van der Waals surface area contributed by atoms with Crippen LogP contribution in [0.15, 0.2) is 54.6 Å². The summed E-state index contributed by atoms with van der Waals surface area (Å²) in [6.45, 7) is 1.25. The van der Waals surface area contributed by atoms with Gasteiger partial charge in [-0.1, -0.05) is 43.2 Å². The first-order valence-corrected chi connectivity index (χ1v) is 11.5. The van der Waals surface area contributed by atoms with Gasteiger partial charge < -0.3 is 0 Å². The highest BCUT2D eigenvalue weighted by molar-refractivity contribution is 5.66. The lowest BCUT2D eigenvalue weighted by Crippen LogP contribution is -2.35. The van der Waals surface area contributed by atoms with Crippen molar-refractivity contribution in [1.29, 1.82) is 0 Å². The maximum absolute atomic E-state index is 13.3. The topological polar surface area (TPSA) is 46.8 Å². The fraction of sp³-hybridized carbons (Fsp3) is 0.400. The zero-order valence-corrected chi connectivity index (χ0v) is 18.5. The van der Waals surface area contributed by atoms with Gasteiger partial charge in [-0.25, -0.2) is 9.07 Å². The molecule has 1 atom stereocenters. The van der Waals surface area contributed by atoms with Gasteiger partial charge in [0.25, 0.3) is 0 Å². The van der Waals surface area contributed by atoms with Gasteiger partial charge >= 0.3 is 6.18 Å². The Kier molecular flexibility index (Phi) is 6.20. The van der Waals surface area contributed by atoms with Crippen LogP contribution in [-0.4, -0.2) is 38.2 Å². The molecule has 1 aliphatic heterocycles. The molecule has 1 saturated carbocycles. The van der Waals surface area contributed by atoms with Crippen LogP contribution in [0.5, 0.6) is 0 Å². The van der Waals surface area contributed by atoms with Crippen LogP contribution in [0.4, 0.5) is 17.6 Å². The van der Waals surface area contributed by atoms with Crippen LogP contribution in [0.2, 0.25) is 0 Å². The SMILES string of the molecule is Fc1ccc(C2=CCN(C(c3ccc(C(F)(F)F)cc3)c3nnnn3C3CCCC3)CC2)cc1. The van der Waals surface area contributed by atoms with E-state index in [0.717, 1.165) is 60.9 Å². The third-order valence-electron chi connectivity index (χ3n) is 6.81. The lowest BCUT2D eigenvalue weighted by atomic mass is 9.96. The molecule has 2 heterocycles. The number of benzene rings is 2. The van der Waals surface area contributed by atoms with Gasteiger partial charge in [-0.3, -0.25) is 4.90 Å². The van der Waals surface area contributed by atoms with Crippen molar-refractivity contribution in [3.8, 4) is 0 Å². The molecule has 0 amide bonds. The Bertz CT molecular complexity index is 1150. The molecule has 5 nitrogen and oxygen atoms in total. The van der Waals surface area contributed by atoms with E-state index < -0.39 is 11.7 Å². The van der Waals surface area contributed by atoms with Crippen molar-refractivity contribution in [3.05, 3.63) is 82.9 Å². The lowest BCUT2D eigenvalue weighted by molar-refractivity contribution is -0.137. The van der Waals surface area contributed by atoms with E-state index in [4.69, 9.17) is 0 Å². The molecule has 0 saturated heterocycles. The number of hydrogen-bond acceptors (Lipinski definition) is 4. The molecule has 5 rings (SSSR count). The molecular formula is C25H25F4N5. The number of halogens is 4. The monoisotopic (exact) mass is 471 g/mol. The molecule has 0 spiro atoms. The van der Waals surface area contributed by atoms with E-state index in [-0.39, 0.29) is 17.9 Å². The zero-order valence-electron chi connectivity index (χ0n) is 18.5. The van der Waals surface area contributed by atoms with Gasteiger partial charge in [-0.05, 0) is 70.7 Å². The van der Waals surface area contributed by atoms with Gasteiger partial charge in [0.1, 0.15) is 5.82 Å². The normalized spacial score (nSPS) is 18.8. The molecule has 0 N–H and O–H groups in total. The predicted molar refractivity (Wildman–Crippen MR) is 119 cm³/mol. The van der Waals surface area contributed by atoms with Crippen LogP contribution in [0, 0.1) is 5.82 Å². The average Bonchev–Trinajstić information content (AvgIpc) is 3.52. The van der Waals surface area contributed by atoms with Gasteiger partial charge in [0.15, 0.2) is 5.82 Å². The first kappa shape index (κ1) is 22.7. The Labute approximate surface area is 195 Å². The summed E-state index contributed by atoms with van der Waals surface area (Å²) < 4.78 is 54.7. The Morgan fingerprint density at radius 2 is 1.65 bits per heavy atom. The van der Waals surface area contributed by atoms with Gasteiger partial charge in [-0.2, -0.15) is 13.2 Å². The largest absolute Gasteiger partial charge is 0.416 e. The second-order valence-electron chi connectivity index (χ2n) is 8.92. The predicted octanol–water partition coefficient (Wildman–Crippen LogP) is 5.82. The van der Waals surface area contributed by atoms with Crippen molar-refractivity contribution >= 4 is 5.57 Å². The van der Waals surface area contributed by atoms with Crippen molar-refractivity contribution in [2.24, 2.45) is 0 Å². The molecule has 1 unspecified atom stereocenters. The van der Waals surface area contributed by atoms with Crippen LogP contribution in [0.25, 0.3) is 5.57 Å². The Morgan fingerprint density at radius 3 is 2.26 bits per heavy atom. The smallest absolute Gasteiger partial charge is 0.286 e. The van der Waals surface area contributed by atoms with E-state index in [0.29, 0.717) is 18.9 Å². The number of aromatic nitrogens is 4. The summed E-state index contributed by atoms with van der Waals surface area (Å²) in [4.78, 5) is 2.19. The Morgan fingerprint density at radius 1 is 0.941 bits per heavy atom. The van der Waals surface area contributed by atoms with Crippen LogP contribution in [-0.2, 0) is 6.18 Å². The second kappa shape index (κ2) is 9.29. The molecule has 9 heteroatoms. The second-order valence-corrected chi connectivity index (χ2v) is 8.92. The van der Waals surface area contributed by atoms with Crippen molar-refractivity contribution < 1.29 is 17.6 Å². The minimum Gasteiger partial charge on any atom is -0.286 e. The molecule has 178 valence electrons. The fourth-order valence-electron chi connectivity index (χ4n) is 5.01. The van der Waals surface area contributed by atoms with Gasteiger partial charge in [0.2, 0.25) is 0 Å². The Hall–Kier alpha value is -3.07. The summed E-state index contributed by atoms with van der Waals surface area (Å²) in [5.74, 6) is 0.383. The minimum atomic E-state index is -4.39. The van der Waals surface area contributed by atoms with Crippen molar-refractivity contribution in [3.63, 3.8) is 0 Å². The molecule has 2 aliphatic rings. The summed E-state index contributed by atoms with van der Waals surface area (Å²) in [5.41, 5.74) is 2.14. The summed E-state index contributed by atoms with van der Waals surface area (Å²) in [6.07, 6.45) is 2.65. The first-order chi connectivity index (χ1) is 16.4. The molecule has 2 aromatic carbocycles. The minimum absolute atomic E-state index is 0.206. The lowest BCUT2D eigenvalue weighted by Gasteiger charge is -2.34. The molecule has 1 aliphatic carbocycles. The first-order valence-electron chi connectivity index (χ1n) is 11.5. The highest BCUT2D eigenvalue weighted by Crippen LogP contribution is 2.37. The maximum atomic E-state index is 13.3. The van der Waals surface area contributed by atoms with E-state index in [2.05, 4.69) is 26.5 Å². The number of tetrazole rings is 1. The summed E-state index contributed by atoms with van der Waals surface area (Å²) in [5, 5.41) is 12.6. The number of nitrogens with zero attached hydrogens (tertiary/aromatic N) is 5. The van der Waals surface area contributed by atoms with Gasteiger partial charge in [0, 0.05) is 13.1 Å². The number of hydrogen-bond donors (Lipinski definition) is 0. The molecular weight excluding hydrogens is 446 g/mol. The Balaban J connectivity index is 1.48. The van der Waals surface area contributed by atoms with E-state index in [1.807, 2.05) is 4.68 Å². The summed E-state index contributed by atoms with van der Waals surface area (Å²) in [6, 6.07) is 11.6. The molecule has 3 aromatic rings. The standard InChI is InChI=1S/C25H25F4N5/c26-21-11-7-17(8-12-21)18-13-15-33(16-14-18)23(19-5-9-20(10-6-19)25(27,28)29)24-30-31-32-34(24)22-3-1-2-4-22/h5-13,22-23H,1-4,14-16H2. The van der Waals surface area contributed by atoms with Crippen molar-refractivity contribution in [1.82, 2.24) is 25.1 Å². The van der Waals surface area contributed by atoms with Crippen molar-refractivity contribution in [2.75, 3.05) is 13.1 Å². The highest BCUT2D eigenvalue weighted by Gasteiger charge is 2.34. The quantitative estimate of drug-likeness (QED) is 0.440. The maximum Gasteiger partial charge on any atom is 0.416 e. The molecule has 34 heavy (non-hydrogen) atoms. The molecule has 1 fully saturated rings. The van der Waals surface area contributed by atoms with E-state index in [1.54, 1.807) is 12.1 Å². The van der Waals surface area contributed by atoms with Crippen LogP contribution in [0.3, 0.4) is 0 Å². The van der Waals surface area contributed by atoms with E-state index in [9.17, 15) is 17.6 Å². The van der Waals surface area contributed by atoms with Crippen LogP contribution < -0.4 is 0 Å². The van der Waals surface area contributed by atoms with Gasteiger partial charge in [-0.15, -0.1) is 5.10 Å². The highest BCUT2D eigenvalue weighted by atomic mass is 19.4.